The highest BCUT2D eigenvalue weighted by Crippen LogP contribution is 2.24. The second-order valence-electron chi connectivity index (χ2n) is 4.72. The Kier molecular flexibility index (Phi) is 2.74. The molecule has 0 saturated heterocycles. The number of hydrogen-bond acceptors (Lipinski definition) is 4. The Morgan fingerprint density at radius 2 is 2.26 bits per heavy atom. The summed E-state index contributed by atoms with van der Waals surface area (Å²) in [6.45, 7) is 4.64. The van der Waals surface area contributed by atoms with Crippen LogP contribution in [0.25, 0.3) is 0 Å². The zero-order valence-corrected chi connectivity index (χ0v) is 10.9. The van der Waals surface area contributed by atoms with E-state index in [0.29, 0.717) is 11.4 Å². The van der Waals surface area contributed by atoms with E-state index in [-0.39, 0.29) is 5.91 Å². The number of hydrogen-bond donors (Lipinski definition) is 2. The van der Waals surface area contributed by atoms with Gasteiger partial charge in [-0.3, -0.25) is 10.1 Å². The van der Waals surface area contributed by atoms with Crippen LogP contribution in [0.5, 0.6) is 0 Å². The van der Waals surface area contributed by atoms with Gasteiger partial charge in [-0.2, -0.15) is 0 Å². The smallest absolute Gasteiger partial charge is 0.258 e. The lowest BCUT2D eigenvalue weighted by Gasteiger charge is -2.05. The summed E-state index contributed by atoms with van der Waals surface area (Å²) in [7, 11) is 0. The first-order valence-corrected chi connectivity index (χ1v) is 6.26. The molecule has 0 radical (unpaired) electrons. The third-order valence-corrected chi connectivity index (χ3v) is 3.46. The van der Waals surface area contributed by atoms with Crippen LogP contribution in [0.3, 0.4) is 0 Å². The largest absolute Gasteiger partial charge is 0.384 e. The molecule has 98 valence electrons. The van der Waals surface area contributed by atoms with Gasteiger partial charge in [-0.25, -0.2) is 0 Å². The van der Waals surface area contributed by atoms with Crippen molar-refractivity contribution in [1.82, 2.24) is 5.16 Å². The molecule has 5 heteroatoms. The summed E-state index contributed by atoms with van der Waals surface area (Å²) < 4.78 is 5.09. The minimum Gasteiger partial charge on any atom is -0.384 e. The zero-order chi connectivity index (χ0) is 13.4. The van der Waals surface area contributed by atoms with Crippen LogP contribution >= 0.6 is 0 Å². The number of amides is 1. The van der Waals surface area contributed by atoms with Gasteiger partial charge in [0.2, 0.25) is 5.88 Å². The average Bonchev–Trinajstić information content (AvgIpc) is 2.99. The lowest BCUT2D eigenvalue weighted by Crippen LogP contribution is -2.12. The number of rotatable bonds is 2. The maximum absolute atomic E-state index is 12.2. The number of fused-ring (bicyclic) bond motifs is 1. The molecule has 0 saturated carbocycles. The fourth-order valence-corrected chi connectivity index (χ4v) is 2.15. The van der Waals surface area contributed by atoms with Crippen LogP contribution in [0, 0.1) is 13.8 Å². The van der Waals surface area contributed by atoms with E-state index in [1.54, 1.807) is 0 Å². The first-order valence-electron chi connectivity index (χ1n) is 6.26. The van der Waals surface area contributed by atoms with Gasteiger partial charge in [-0.05, 0) is 44.0 Å². The van der Waals surface area contributed by atoms with Gasteiger partial charge in [0.05, 0.1) is 5.69 Å². The van der Waals surface area contributed by atoms with Crippen LogP contribution in [0.2, 0.25) is 0 Å². The van der Waals surface area contributed by atoms with Crippen molar-refractivity contribution in [3.63, 3.8) is 0 Å². The number of anilines is 2. The van der Waals surface area contributed by atoms with E-state index >= 15 is 0 Å². The molecule has 19 heavy (non-hydrogen) atoms. The predicted octanol–water partition coefficient (Wildman–Crippen LogP) is 2.51. The molecular formula is C14H15N3O2. The number of nitrogens with zero attached hydrogens (tertiary/aromatic N) is 1. The van der Waals surface area contributed by atoms with Crippen molar-refractivity contribution in [3.8, 4) is 0 Å². The Labute approximate surface area is 111 Å². The summed E-state index contributed by atoms with van der Waals surface area (Å²) in [5, 5.41) is 9.84. The van der Waals surface area contributed by atoms with Gasteiger partial charge in [-0.15, -0.1) is 0 Å². The zero-order valence-electron chi connectivity index (χ0n) is 10.9. The molecule has 0 fully saturated rings. The van der Waals surface area contributed by atoms with Crippen molar-refractivity contribution in [1.29, 1.82) is 0 Å². The molecule has 3 rings (SSSR count). The fraction of sp³-hybridized carbons (Fsp3) is 0.286. The van der Waals surface area contributed by atoms with Crippen molar-refractivity contribution in [3.05, 3.63) is 40.6 Å². The molecule has 0 spiro atoms. The summed E-state index contributed by atoms with van der Waals surface area (Å²) in [5.74, 6) is 0.245. The lowest BCUT2D eigenvalue weighted by molar-refractivity contribution is 0.102. The van der Waals surface area contributed by atoms with Crippen molar-refractivity contribution in [2.75, 3.05) is 17.2 Å². The normalized spacial score (nSPS) is 12.9. The van der Waals surface area contributed by atoms with E-state index in [1.165, 1.54) is 5.56 Å². The molecular weight excluding hydrogens is 242 g/mol. The summed E-state index contributed by atoms with van der Waals surface area (Å²) in [4.78, 5) is 12.2. The first kappa shape index (κ1) is 11.8. The van der Waals surface area contributed by atoms with Gasteiger partial charge < -0.3 is 9.84 Å². The number of aryl methyl sites for hydroxylation is 1. The Hall–Kier alpha value is -2.30. The molecule has 1 amide bonds. The van der Waals surface area contributed by atoms with Gasteiger partial charge in [0.1, 0.15) is 0 Å². The van der Waals surface area contributed by atoms with Crippen LogP contribution in [0.15, 0.2) is 22.7 Å². The number of benzene rings is 1. The van der Waals surface area contributed by atoms with E-state index in [4.69, 9.17) is 4.52 Å². The summed E-state index contributed by atoms with van der Waals surface area (Å²) in [6, 6.07) is 5.67. The highest BCUT2D eigenvalue weighted by atomic mass is 16.5. The average molecular weight is 257 g/mol. The molecule has 2 aromatic rings. The van der Waals surface area contributed by atoms with Crippen molar-refractivity contribution in [2.24, 2.45) is 0 Å². The Balaban J connectivity index is 1.83. The van der Waals surface area contributed by atoms with Crippen molar-refractivity contribution >= 4 is 17.5 Å². The number of carbonyl (C=O) groups excluding carboxylic acids is 1. The summed E-state index contributed by atoms with van der Waals surface area (Å²) in [5.41, 5.74) is 4.57. The van der Waals surface area contributed by atoms with Crippen molar-refractivity contribution < 1.29 is 9.32 Å². The van der Waals surface area contributed by atoms with Gasteiger partial charge in [0.25, 0.3) is 5.91 Å². The molecule has 1 aliphatic heterocycles. The molecule has 0 atom stereocenters. The predicted molar refractivity (Wildman–Crippen MR) is 72.6 cm³/mol. The van der Waals surface area contributed by atoms with Gasteiger partial charge in [-0.1, -0.05) is 5.16 Å². The van der Waals surface area contributed by atoms with Gasteiger partial charge in [0.15, 0.2) is 0 Å². The highest BCUT2D eigenvalue weighted by molar-refractivity contribution is 6.04. The Bertz CT molecular complexity index is 646. The Morgan fingerprint density at radius 1 is 1.42 bits per heavy atom. The van der Waals surface area contributed by atoms with Crippen molar-refractivity contribution in [2.45, 2.75) is 20.3 Å². The van der Waals surface area contributed by atoms with Crippen LogP contribution in [-0.4, -0.2) is 17.6 Å². The second kappa shape index (κ2) is 4.42. The summed E-state index contributed by atoms with van der Waals surface area (Å²) >= 11 is 0. The van der Waals surface area contributed by atoms with Crippen LogP contribution in [0.1, 0.15) is 27.2 Å². The van der Waals surface area contributed by atoms with E-state index in [9.17, 15) is 4.79 Å². The fourth-order valence-electron chi connectivity index (χ4n) is 2.15. The van der Waals surface area contributed by atoms with Crippen LogP contribution in [-0.2, 0) is 6.42 Å². The quantitative estimate of drug-likeness (QED) is 0.867. The van der Waals surface area contributed by atoms with E-state index in [1.807, 2.05) is 32.0 Å². The maximum Gasteiger partial charge on any atom is 0.258 e. The molecule has 0 unspecified atom stereocenters. The topological polar surface area (TPSA) is 67.2 Å². The minimum absolute atomic E-state index is 0.172. The molecule has 0 bridgehead atoms. The number of carbonyl (C=O) groups is 1. The van der Waals surface area contributed by atoms with Gasteiger partial charge >= 0.3 is 0 Å². The van der Waals surface area contributed by atoms with Crippen LogP contribution < -0.4 is 10.6 Å². The molecule has 1 aliphatic rings. The maximum atomic E-state index is 12.2. The third-order valence-electron chi connectivity index (χ3n) is 3.46. The number of nitrogens with one attached hydrogen (secondary N) is 2. The SMILES string of the molecule is Cc1noc(NC(=O)c2ccc3c(c2)CCN3)c1C. The third kappa shape index (κ3) is 2.07. The molecule has 0 aliphatic carbocycles. The first-order chi connectivity index (χ1) is 9.15. The molecule has 1 aromatic carbocycles. The molecule has 5 nitrogen and oxygen atoms in total. The highest BCUT2D eigenvalue weighted by Gasteiger charge is 2.16. The van der Waals surface area contributed by atoms with Gasteiger partial charge in [0, 0.05) is 23.4 Å². The standard InChI is InChI=1S/C14H15N3O2/c1-8-9(2)17-19-14(8)16-13(18)11-3-4-12-10(7-11)5-6-15-12/h3-4,7,15H,5-6H2,1-2H3,(H,16,18). The van der Waals surface area contributed by atoms with Crippen LogP contribution in [0.4, 0.5) is 11.6 Å². The summed E-state index contributed by atoms with van der Waals surface area (Å²) in [6.07, 6.45) is 0.955. The lowest BCUT2D eigenvalue weighted by atomic mass is 10.1. The second-order valence-corrected chi connectivity index (χ2v) is 4.72. The molecule has 2 N–H and O–H groups in total. The monoisotopic (exact) mass is 257 g/mol. The van der Waals surface area contributed by atoms with E-state index in [2.05, 4.69) is 15.8 Å². The molecule has 1 aromatic heterocycles. The molecule has 2 heterocycles. The minimum atomic E-state index is -0.172. The number of aromatic nitrogens is 1. The van der Waals surface area contributed by atoms with E-state index in [0.717, 1.165) is 29.9 Å². The van der Waals surface area contributed by atoms with E-state index < -0.39 is 0 Å². The Morgan fingerprint density at radius 3 is 3.00 bits per heavy atom.